The number of rotatable bonds is 4. The van der Waals surface area contributed by atoms with E-state index in [2.05, 4.69) is 10.1 Å². The lowest BCUT2D eigenvalue weighted by molar-refractivity contribution is -0.137. The van der Waals surface area contributed by atoms with Crippen LogP contribution in [-0.2, 0) is 15.7 Å². The Bertz CT molecular complexity index is 852. The van der Waals surface area contributed by atoms with Crippen LogP contribution in [0.3, 0.4) is 0 Å². The van der Waals surface area contributed by atoms with Gasteiger partial charge in [0, 0.05) is 6.92 Å². The second-order valence-electron chi connectivity index (χ2n) is 5.13. The minimum Gasteiger partial charge on any atom is -0.465 e. The quantitative estimate of drug-likeness (QED) is 0.758. The van der Waals surface area contributed by atoms with E-state index >= 15 is 0 Å². The Morgan fingerprint density at radius 2 is 1.81 bits per heavy atom. The first kappa shape index (κ1) is 19.6. The SMILES string of the molecule is COC(=O)c1cc(Oc2ccc(C(F)(F)F)cc2Cl)ccc1NC(C)=O. The van der Waals surface area contributed by atoms with Gasteiger partial charge in [-0.05, 0) is 36.4 Å². The Morgan fingerprint density at radius 1 is 1.12 bits per heavy atom. The smallest absolute Gasteiger partial charge is 0.416 e. The molecule has 0 saturated carbocycles. The molecule has 5 nitrogen and oxygen atoms in total. The van der Waals surface area contributed by atoms with Crippen molar-refractivity contribution in [2.24, 2.45) is 0 Å². The third-order valence-electron chi connectivity index (χ3n) is 3.19. The molecule has 138 valence electrons. The van der Waals surface area contributed by atoms with Gasteiger partial charge in [0.2, 0.25) is 5.91 Å². The predicted molar refractivity (Wildman–Crippen MR) is 88.6 cm³/mol. The second-order valence-corrected chi connectivity index (χ2v) is 5.53. The molecular formula is C17H13ClF3NO4. The van der Waals surface area contributed by atoms with Crippen LogP contribution >= 0.6 is 11.6 Å². The third-order valence-corrected chi connectivity index (χ3v) is 3.49. The third kappa shape index (κ3) is 4.66. The van der Waals surface area contributed by atoms with Crippen LogP contribution in [0.25, 0.3) is 0 Å². The van der Waals surface area contributed by atoms with E-state index in [0.717, 1.165) is 18.2 Å². The van der Waals surface area contributed by atoms with Crippen LogP contribution in [0.4, 0.5) is 18.9 Å². The number of nitrogens with one attached hydrogen (secondary N) is 1. The molecule has 0 heterocycles. The number of hydrogen-bond acceptors (Lipinski definition) is 4. The van der Waals surface area contributed by atoms with Crippen molar-refractivity contribution in [3.63, 3.8) is 0 Å². The maximum Gasteiger partial charge on any atom is 0.416 e. The highest BCUT2D eigenvalue weighted by atomic mass is 35.5. The first-order chi connectivity index (χ1) is 12.1. The van der Waals surface area contributed by atoms with Crippen molar-refractivity contribution in [3.05, 3.63) is 52.5 Å². The van der Waals surface area contributed by atoms with Gasteiger partial charge in [-0.1, -0.05) is 11.6 Å². The first-order valence-electron chi connectivity index (χ1n) is 7.16. The van der Waals surface area contributed by atoms with Crippen LogP contribution in [0.5, 0.6) is 11.5 Å². The van der Waals surface area contributed by atoms with Crippen LogP contribution in [0, 0.1) is 0 Å². The van der Waals surface area contributed by atoms with E-state index in [1.54, 1.807) is 0 Å². The first-order valence-corrected chi connectivity index (χ1v) is 7.54. The molecule has 0 saturated heterocycles. The molecule has 0 aromatic heterocycles. The summed E-state index contributed by atoms with van der Waals surface area (Å²) >= 11 is 5.84. The van der Waals surface area contributed by atoms with Crippen molar-refractivity contribution in [2.75, 3.05) is 12.4 Å². The normalized spacial score (nSPS) is 11.0. The van der Waals surface area contributed by atoms with Crippen molar-refractivity contribution in [2.45, 2.75) is 13.1 Å². The average Bonchev–Trinajstić information content (AvgIpc) is 2.55. The zero-order valence-electron chi connectivity index (χ0n) is 13.6. The summed E-state index contributed by atoms with van der Waals surface area (Å²) in [5.74, 6) is -1.02. The number of amides is 1. The van der Waals surface area contributed by atoms with E-state index in [1.807, 2.05) is 0 Å². The summed E-state index contributed by atoms with van der Waals surface area (Å²) in [6.45, 7) is 1.27. The molecule has 0 atom stereocenters. The van der Waals surface area contributed by atoms with Gasteiger partial charge in [-0.3, -0.25) is 4.79 Å². The topological polar surface area (TPSA) is 64.6 Å². The van der Waals surface area contributed by atoms with Gasteiger partial charge in [0.25, 0.3) is 0 Å². The molecule has 1 N–H and O–H groups in total. The van der Waals surface area contributed by atoms with E-state index in [0.29, 0.717) is 0 Å². The van der Waals surface area contributed by atoms with Gasteiger partial charge >= 0.3 is 12.1 Å². The fraction of sp³-hybridized carbons (Fsp3) is 0.176. The molecule has 0 aliphatic rings. The fourth-order valence-corrected chi connectivity index (χ4v) is 2.27. The molecular weight excluding hydrogens is 375 g/mol. The van der Waals surface area contributed by atoms with Crippen LogP contribution in [0.15, 0.2) is 36.4 Å². The van der Waals surface area contributed by atoms with Gasteiger partial charge in [0.1, 0.15) is 11.5 Å². The Kier molecular flexibility index (Phi) is 5.76. The number of carbonyl (C=O) groups is 2. The lowest BCUT2D eigenvalue weighted by Gasteiger charge is -2.13. The minimum atomic E-state index is -4.53. The number of anilines is 1. The largest absolute Gasteiger partial charge is 0.465 e. The highest BCUT2D eigenvalue weighted by Gasteiger charge is 2.31. The Labute approximate surface area is 151 Å². The van der Waals surface area contributed by atoms with Crippen LogP contribution in [-0.4, -0.2) is 19.0 Å². The van der Waals surface area contributed by atoms with Gasteiger partial charge in [-0.25, -0.2) is 4.79 Å². The predicted octanol–water partition coefficient (Wildman–Crippen LogP) is 4.90. The molecule has 0 radical (unpaired) electrons. The summed E-state index contributed by atoms with van der Waals surface area (Å²) < 4.78 is 48.1. The molecule has 2 rings (SSSR count). The molecule has 2 aromatic carbocycles. The van der Waals surface area contributed by atoms with Crippen molar-refractivity contribution in [1.82, 2.24) is 0 Å². The monoisotopic (exact) mass is 387 g/mol. The second kappa shape index (κ2) is 7.65. The highest BCUT2D eigenvalue weighted by Crippen LogP contribution is 2.37. The Balaban J connectivity index is 2.35. The Hall–Kier alpha value is -2.74. The number of ether oxygens (including phenoxy) is 2. The molecule has 26 heavy (non-hydrogen) atoms. The van der Waals surface area contributed by atoms with Gasteiger partial charge in [0.15, 0.2) is 0 Å². The number of esters is 1. The van der Waals surface area contributed by atoms with Gasteiger partial charge in [0.05, 0.1) is 28.9 Å². The van der Waals surface area contributed by atoms with E-state index in [-0.39, 0.29) is 27.8 Å². The standard InChI is InChI=1S/C17H13ClF3NO4/c1-9(23)22-14-5-4-11(8-12(14)16(24)25-2)26-15-6-3-10(7-13(15)18)17(19,20)21/h3-8H,1-2H3,(H,22,23). The van der Waals surface area contributed by atoms with E-state index in [4.69, 9.17) is 16.3 Å². The number of halogens is 4. The average molecular weight is 388 g/mol. The highest BCUT2D eigenvalue weighted by molar-refractivity contribution is 6.32. The summed E-state index contributed by atoms with van der Waals surface area (Å²) in [5.41, 5.74) is -0.690. The van der Waals surface area contributed by atoms with Crippen molar-refractivity contribution in [3.8, 4) is 11.5 Å². The summed E-state index contributed by atoms with van der Waals surface area (Å²) in [4.78, 5) is 23.1. The minimum absolute atomic E-state index is 0.0169. The molecule has 9 heteroatoms. The lowest BCUT2D eigenvalue weighted by Crippen LogP contribution is -2.12. The number of methoxy groups -OCH3 is 1. The van der Waals surface area contributed by atoms with Crippen molar-refractivity contribution < 1.29 is 32.2 Å². The fourth-order valence-electron chi connectivity index (χ4n) is 2.05. The number of hydrogen-bond donors (Lipinski definition) is 1. The number of carbonyl (C=O) groups excluding carboxylic acids is 2. The molecule has 0 aliphatic heterocycles. The van der Waals surface area contributed by atoms with Crippen molar-refractivity contribution >= 4 is 29.2 Å². The van der Waals surface area contributed by atoms with E-state index < -0.39 is 23.6 Å². The van der Waals surface area contributed by atoms with Crippen LogP contribution in [0.2, 0.25) is 5.02 Å². The summed E-state index contributed by atoms with van der Waals surface area (Å²) in [6.07, 6.45) is -4.53. The Morgan fingerprint density at radius 3 is 2.35 bits per heavy atom. The number of alkyl halides is 3. The van der Waals surface area contributed by atoms with Crippen LogP contribution < -0.4 is 10.1 Å². The van der Waals surface area contributed by atoms with E-state index in [1.165, 1.54) is 32.2 Å². The summed E-state index contributed by atoms with van der Waals surface area (Å²) in [7, 11) is 1.17. The molecule has 0 bridgehead atoms. The summed E-state index contributed by atoms with van der Waals surface area (Å²) in [6, 6.07) is 6.75. The molecule has 0 unspecified atom stereocenters. The number of benzene rings is 2. The zero-order valence-corrected chi connectivity index (χ0v) is 14.4. The molecule has 0 aliphatic carbocycles. The molecule has 2 aromatic rings. The van der Waals surface area contributed by atoms with Crippen molar-refractivity contribution in [1.29, 1.82) is 0 Å². The summed E-state index contributed by atoms with van der Waals surface area (Å²) in [5, 5.41) is 2.22. The van der Waals surface area contributed by atoms with Gasteiger partial charge in [-0.15, -0.1) is 0 Å². The lowest BCUT2D eigenvalue weighted by atomic mass is 10.1. The maximum absolute atomic E-state index is 12.7. The van der Waals surface area contributed by atoms with E-state index in [9.17, 15) is 22.8 Å². The molecule has 1 amide bonds. The maximum atomic E-state index is 12.7. The molecule has 0 spiro atoms. The van der Waals surface area contributed by atoms with Crippen LogP contribution in [0.1, 0.15) is 22.8 Å². The molecule has 0 fully saturated rings. The zero-order chi connectivity index (χ0) is 19.5. The van der Waals surface area contributed by atoms with Gasteiger partial charge < -0.3 is 14.8 Å². The van der Waals surface area contributed by atoms with Gasteiger partial charge in [-0.2, -0.15) is 13.2 Å².